The van der Waals surface area contributed by atoms with Crippen molar-refractivity contribution in [1.82, 2.24) is 9.55 Å². The van der Waals surface area contributed by atoms with Gasteiger partial charge in [-0.1, -0.05) is 40.0 Å². The van der Waals surface area contributed by atoms with Gasteiger partial charge in [0.05, 0.1) is 0 Å². The van der Waals surface area contributed by atoms with Crippen LogP contribution in [0.15, 0.2) is 12.4 Å². The van der Waals surface area contributed by atoms with Gasteiger partial charge in [0.15, 0.2) is 0 Å². The number of nitrogens with zero attached hydrogens (tertiary/aromatic N) is 2. The van der Waals surface area contributed by atoms with E-state index in [1.54, 1.807) is 0 Å². The Kier molecular flexibility index (Phi) is 3.98. The molecule has 0 aliphatic heterocycles. The largest absolute Gasteiger partial charge is 0.353 e. The molecule has 3 heteroatoms. The first-order chi connectivity index (χ1) is 8.48. The minimum atomic E-state index is 0.253. The van der Waals surface area contributed by atoms with Gasteiger partial charge in [0.1, 0.15) is 0 Å². The molecular weight excluding hydrogens is 222 g/mol. The molecule has 1 atom stereocenters. The Morgan fingerprint density at radius 2 is 1.94 bits per heavy atom. The third-order valence-corrected chi connectivity index (χ3v) is 4.28. The van der Waals surface area contributed by atoms with Crippen LogP contribution in [0.4, 0.5) is 5.95 Å². The van der Waals surface area contributed by atoms with E-state index in [0.717, 1.165) is 5.95 Å². The van der Waals surface area contributed by atoms with Gasteiger partial charge in [0.2, 0.25) is 5.95 Å². The zero-order valence-electron chi connectivity index (χ0n) is 12.2. The van der Waals surface area contributed by atoms with E-state index in [-0.39, 0.29) is 5.41 Å². The van der Waals surface area contributed by atoms with E-state index in [2.05, 4.69) is 48.8 Å². The lowest BCUT2D eigenvalue weighted by atomic mass is 9.88. The SMILES string of the molecule is CC(Nc1nccn1C1CCCCC1)C(C)(C)C. The van der Waals surface area contributed by atoms with E-state index in [1.807, 2.05) is 6.20 Å². The van der Waals surface area contributed by atoms with Crippen LogP contribution in [0.2, 0.25) is 0 Å². The second kappa shape index (κ2) is 5.33. The lowest BCUT2D eigenvalue weighted by Gasteiger charge is -2.30. The zero-order valence-corrected chi connectivity index (χ0v) is 12.2. The molecule has 1 unspecified atom stereocenters. The van der Waals surface area contributed by atoms with Crippen LogP contribution in [-0.2, 0) is 0 Å². The van der Waals surface area contributed by atoms with Crippen LogP contribution >= 0.6 is 0 Å². The van der Waals surface area contributed by atoms with Gasteiger partial charge < -0.3 is 9.88 Å². The summed E-state index contributed by atoms with van der Waals surface area (Å²) in [6.07, 6.45) is 10.8. The number of nitrogens with one attached hydrogen (secondary N) is 1. The molecule has 0 saturated heterocycles. The number of aromatic nitrogens is 2. The molecule has 0 radical (unpaired) electrons. The summed E-state index contributed by atoms with van der Waals surface area (Å²) >= 11 is 0. The molecule has 1 fully saturated rings. The smallest absolute Gasteiger partial charge is 0.203 e. The quantitative estimate of drug-likeness (QED) is 0.868. The monoisotopic (exact) mass is 249 g/mol. The van der Waals surface area contributed by atoms with Crippen LogP contribution in [0.1, 0.15) is 65.8 Å². The van der Waals surface area contributed by atoms with Gasteiger partial charge in [-0.25, -0.2) is 4.98 Å². The van der Waals surface area contributed by atoms with E-state index >= 15 is 0 Å². The first-order valence-corrected chi connectivity index (χ1v) is 7.28. The number of anilines is 1. The third kappa shape index (κ3) is 3.06. The molecule has 2 rings (SSSR count). The van der Waals surface area contributed by atoms with E-state index in [0.29, 0.717) is 12.1 Å². The van der Waals surface area contributed by atoms with Gasteiger partial charge in [-0.15, -0.1) is 0 Å². The molecule has 0 amide bonds. The Bertz CT molecular complexity index is 369. The summed E-state index contributed by atoms with van der Waals surface area (Å²) in [5.74, 6) is 1.05. The molecule has 1 heterocycles. The molecule has 1 aromatic rings. The van der Waals surface area contributed by atoms with E-state index < -0.39 is 0 Å². The van der Waals surface area contributed by atoms with Crippen molar-refractivity contribution in [3.05, 3.63) is 12.4 Å². The van der Waals surface area contributed by atoms with Crippen molar-refractivity contribution in [2.45, 2.75) is 71.9 Å². The minimum absolute atomic E-state index is 0.253. The third-order valence-electron chi connectivity index (χ3n) is 4.28. The molecular formula is C15H27N3. The molecule has 0 bridgehead atoms. The second-order valence-corrected chi connectivity index (χ2v) is 6.68. The van der Waals surface area contributed by atoms with E-state index in [4.69, 9.17) is 0 Å². The van der Waals surface area contributed by atoms with Crippen LogP contribution in [0.25, 0.3) is 0 Å². The van der Waals surface area contributed by atoms with Gasteiger partial charge in [0.25, 0.3) is 0 Å². The van der Waals surface area contributed by atoms with Crippen molar-refractivity contribution < 1.29 is 0 Å². The molecule has 102 valence electrons. The molecule has 18 heavy (non-hydrogen) atoms. The van der Waals surface area contributed by atoms with Crippen LogP contribution in [0.3, 0.4) is 0 Å². The Labute approximate surface area is 111 Å². The van der Waals surface area contributed by atoms with Crippen molar-refractivity contribution in [1.29, 1.82) is 0 Å². The predicted octanol–water partition coefficient (Wildman–Crippen LogP) is 4.23. The fraction of sp³-hybridized carbons (Fsp3) is 0.800. The number of imidazole rings is 1. The highest BCUT2D eigenvalue weighted by atomic mass is 15.2. The Balaban J connectivity index is 2.07. The molecule has 1 N–H and O–H groups in total. The van der Waals surface area contributed by atoms with E-state index in [1.165, 1.54) is 32.1 Å². The first-order valence-electron chi connectivity index (χ1n) is 7.28. The highest BCUT2D eigenvalue weighted by Crippen LogP contribution is 2.31. The summed E-state index contributed by atoms with van der Waals surface area (Å²) in [4.78, 5) is 4.50. The average molecular weight is 249 g/mol. The molecule has 1 aliphatic rings. The lowest BCUT2D eigenvalue weighted by Crippen LogP contribution is -2.32. The summed E-state index contributed by atoms with van der Waals surface area (Å²) in [7, 11) is 0. The highest BCUT2D eigenvalue weighted by Gasteiger charge is 2.23. The predicted molar refractivity (Wildman–Crippen MR) is 76.9 cm³/mol. The van der Waals surface area contributed by atoms with Gasteiger partial charge in [-0.05, 0) is 25.2 Å². The number of rotatable bonds is 3. The topological polar surface area (TPSA) is 29.9 Å². The Morgan fingerprint density at radius 1 is 1.28 bits per heavy atom. The fourth-order valence-corrected chi connectivity index (χ4v) is 2.49. The zero-order chi connectivity index (χ0) is 13.2. The standard InChI is InChI=1S/C15H27N3/c1-12(15(2,3)4)17-14-16-10-11-18(14)13-8-6-5-7-9-13/h10-13H,5-9H2,1-4H3,(H,16,17). The average Bonchev–Trinajstić information content (AvgIpc) is 2.77. The summed E-state index contributed by atoms with van der Waals surface area (Å²) in [6, 6.07) is 1.07. The van der Waals surface area contributed by atoms with Crippen LogP contribution in [-0.4, -0.2) is 15.6 Å². The normalized spacial score (nSPS) is 19.8. The summed E-state index contributed by atoms with van der Waals surface area (Å²) in [5, 5.41) is 3.58. The maximum Gasteiger partial charge on any atom is 0.203 e. The van der Waals surface area contributed by atoms with Gasteiger partial charge in [0, 0.05) is 24.5 Å². The second-order valence-electron chi connectivity index (χ2n) is 6.68. The van der Waals surface area contributed by atoms with Crippen LogP contribution < -0.4 is 5.32 Å². The van der Waals surface area contributed by atoms with Gasteiger partial charge >= 0.3 is 0 Å². The van der Waals surface area contributed by atoms with Gasteiger partial charge in [-0.2, -0.15) is 0 Å². The molecule has 3 nitrogen and oxygen atoms in total. The molecule has 0 aromatic carbocycles. The summed E-state index contributed by atoms with van der Waals surface area (Å²) < 4.78 is 2.35. The van der Waals surface area contributed by atoms with Gasteiger partial charge in [-0.3, -0.25) is 0 Å². The van der Waals surface area contributed by atoms with Crippen molar-refractivity contribution in [2.75, 3.05) is 5.32 Å². The van der Waals surface area contributed by atoms with Crippen molar-refractivity contribution >= 4 is 5.95 Å². The first kappa shape index (κ1) is 13.4. The lowest BCUT2D eigenvalue weighted by molar-refractivity contribution is 0.341. The van der Waals surface area contributed by atoms with Crippen LogP contribution in [0, 0.1) is 5.41 Å². The molecule has 1 aromatic heterocycles. The Hall–Kier alpha value is -0.990. The Morgan fingerprint density at radius 3 is 2.56 bits per heavy atom. The minimum Gasteiger partial charge on any atom is -0.353 e. The molecule has 1 saturated carbocycles. The van der Waals surface area contributed by atoms with Crippen LogP contribution in [0.5, 0.6) is 0 Å². The van der Waals surface area contributed by atoms with Crippen molar-refractivity contribution in [3.63, 3.8) is 0 Å². The maximum absolute atomic E-state index is 4.50. The van der Waals surface area contributed by atoms with E-state index in [9.17, 15) is 0 Å². The number of hydrogen-bond donors (Lipinski definition) is 1. The summed E-state index contributed by atoms with van der Waals surface area (Å²) in [5.41, 5.74) is 0.253. The summed E-state index contributed by atoms with van der Waals surface area (Å²) in [6.45, 7) is 9.02. The van der Waals surface area contributed by atoms with Crippen molar-refractivity contribution in [2.24, 2.45) is 5.41 Å². The number of hydrogen-bond acceptors (Lipinski definition) is 2. The molecule has 0 spiro atoms. The fourth-order valence-electron chi connectivity index (χ4n) is 2.49. The maximum atomic E-state index is 4.50. The highest BCUT2D eigenvalue weighted by molar-refractivity contribution is 5.29. The van der Waals surface area contributed by atoms with Crippen molar-refractivity contribution in [3.8, 4) is 0 Å². The molecule has 1 aliphatic carbocycles.